The van der Waals surface area contributed by atoms with Gasteiger partial charge in [-0.15, -0.1) is 0 Å². The third-order valence-electron chi connectivity index (χ3n) is 3.59. The van der Waals surface area contributed by atoms with Crippen LogP contribution in [0.15, 0.2) is 34.3 Å². The van der Waals surface area contributed by atoms with E-state index in [0.717, 1.165) is 11.8 Å². The van der Waals surface area contributed by atoms with Crippen LogP contribution in [-0.4, -0.2) is 53.5 Å². The molecule has 1 aromatic carbocycles. The molecule has 10 heteroatoms. The summed E-state index contributed by atoms with van der Waals surface area (Å²) in [7, 11) is 1.27. The van der Waals surface area contributed by atoms with Crippen molar-refractivity contribution in [3.8, 4) is 5.75 Å². The summed E-state index contributed by atoms with van der Waals surface area (Å²) < 4.78 is 9.99. The lowest BCUT2D eigenvalue weighted by Gasteiger charge is -2.18. The molecule has 1 aliphatic heterocycles. The Morgan fingerprint density at radius 3 is 2.50 bits per heavy atom. The lowest BCUT2D eigenvalue weighted by atomic mass is 10.2. The average molecular weight is 404 g/mol. The minimum absolute atomic E-state index is 0.0831. The van der Waals surface area contributed by atoms with Crippen LogP contribution in [0.5, 0.6) is 5.75 Å². The number of benzene rings is 1. The summed E-state index contributed by atoms with van der Waals surface area (Å²) in [6.07, 6.45) is 0.455. The molecule has 1 aliphatic rings. The van der Waals surface area contributed by atoms with Crippen molar-refractivity contribution in [2.24, 2.45) is 9.98 Å². The molecule has 148 valence electrons. The number of thioether (sulfide) groups is 1. The van der Waals surface area contributed by atoms with E-state index in [9.17, 15) is 14.4 Å². The van der Waals surface area contributed by atoms with Crippen molar-refractivity contribution in [3.63, 3.8) is 0 Å². The van der Waals surface area contributed by atoms with Crippen molar-refractivity contribution in [3.05, 3.63) is 29.8 Å². The summed E-state index contributed by atoms with van der Waals surface area (Å²) in [5.41, 5.74) is -0.146. The third-order valence-corrected chi connectivity index (χ3v) is 4.81. The summed E-state index contributed by atoms with van der Waals surface area (Å²) in [6.45, 7) is 4.13. The molecule has 0 saturated carbocycles. The molecule has 0 saturated heterocycles. The van der Waals surface area contributed by atoms with Gasteiger partial charge in [-0.05, 0) is 37.6 Å². The molecule has 2 N–H and O–H groups in total. The van der Waals surface area contributed by atoms with Crippen molar-refractivity contribution in [2.45, 2.75) is 25.5 Å². The van der Waals surface area contributed by atoms with Gasteiger partial charge >= 0.3 is 5.97 Å². The van der Waals surface area contributed by atoms with Crippen LogP contribution >= 0.6 is 11.8 Å². The highest BCUT2D eigenvalue weighted by molar-refractivity contribution is 8.15. The predicted octanol–water partition coefficient (Wildman–Crippen LogP) is 1.81. The maximum Gasteiger partial charge on any atom is 0.319 e. The fourth-order valence-electron chi connectivity index (χ4n) is 2.20. The number of ether oxygens (including phenoxy) is 2. The zero-order valence-corrected chi connectivity index (χ0v) is 16.5. The number of methoxy groups -OCH3 is 1. The van der Waals surface area contributed by atoms with E-state index in [0.29, 0.717) is 18.8 Å². The molecular formula is C18H20N4O5S. The van der Waals surface area contributed by atoms with Gasteiger partial charge in [0.15, 0.2) is 16.7 Å². The number of aliphatic imine (C=N–C) groups is 2. The van der Waals surface area contributed by atoms with Crippen LogP contribution in [-0.2, 0) is 14.3 Å². The first-order chi connectivity index (χ1) is 13.4. The van der Waals surface area contributed by atoms with Gasteiger partial charge in [0.05, 0.1) is 13.7 Å². The van der Waals surface area contributed by atoms with Crippen LogP contribution in [0, 0.1) is 5.41 Å². The number of nitrogens with one attached hydrogen (secondary N) is 2. The second kappa shape index (κ2) is 9.79. The van der Waals surface area contributed by atoms with Crippen molar-refractivity contribution >= 4 is 46.3 Å². The number of carbonyl (C=O) groups is 3. The Morgan fingerprint density at radius 1 is 1.29 bits per heavy atom. The molecule has 0 aliphatic carbocycles. The first-order valence-corrected chi connectivity index (χ1v) is 9.36. The van der Waals surface area contributed by atoms with Gasteiger partial charge in [0.2, 0.25) is 0 Å². The molecule has 0 radical (unpaired) electrons. The monoisotopic (exact) mass is 404 g/mol. The lowest BCUT2D eigenvalue weighted by Crippen LogP contribution is -2.44. The highest BCUT2D eigenvalue weighted by atomic mass is 32.2. The maximum absolute atomic E-state index is 12.3. The maximum atomic E-state index is 12.3. The number of carbonyl (C=O) groups excluding carboxylic acids is 3. The Kier molecular flexibility index (Phi) is 7.44. The van der Waals surface area contributed by atoms with Gasteiger partial charge in [-0.25, -0.2) is 4.99 Å². The number of hydrogen-bond acceptors (Lipinski definition) is 7. The molecule has 0 spiro atoms. The molecular weight excluding hydrogens is 384 g/mol. The van der Waals surface area contributed by atoms with Crippen molar-refractivity contribution in [1.29, 1.82) is 5.41 Å². The van der Waals surface area contributed by atoms with E-state index in [-0.39, 0.29) is 10.7 Å². The van der Waals surface area contributed by atoms with Crippen LogP contribution in [0.1, 0.15) is 30.6 Å². The first-order valence-electron chi connectivity index (χ1n) is 8.48. The Morgan fingerprint density at radius 2 is 1.96 bits per heavy atom. The van der Waals surface area contributed by atoms with Crippen molar-refractivity contribution < 1.29 is 23.9 Å². The fourth-order valence-corrected chi connectivity index (χ4v) is 3.12. The number of nitrogens with zero attached hydrogens (tertiary/aromatic N) is 2. The van der Waals surface area contributed by atoms with Crippen LogP contribution < -0.4 is 10.1 Å². The minimum atomic E-state index is -0.735. The fraction of sp³-hybridized carbons (Fsp3) is 0.333. The molecule has 0 fully saturated rings. The van der Waals surface area contributed by atoms with E-state index in [1.807, 2.05) is 6.92 Å². The SMILES string of the molecule is CCOc1ccc(C(=O)N=C2C(=N)N=C(SC(CC)C(=O)OC)NC2=O)cc1. The number of rotatable bonds is 6. The zero-order chi connectivity index (χ0) is 20.7. The summed E-state index contributed by atoms with van der Waals surface area (Å²) in [5, 5.41) is 9.88. The summed E-state index contributed by atoms with van der Waals surface area (Å²) in [4.78, 5) is 43.9. The molecule has 0 aromatic heterocycles. The second-order valence-electron chi connectivity index (χ2n) is 5.48. The summed E-state index contributed by atoms with van der Waals surface area (Å²) >= 11 is 0.978. The lowest BCUT2D eigenvalue weighted by molar-refractivity contribution is -0.140. The van der Waals surface area contributed by atoms with Gasteiger partial charge in [0.25, 0.3) is 11.8 Å². The zero-order valence-electron chi connectivity index (χ0n) is 15.6. The van der Waals surface area contributed by atoms with Crippen LogP contribution in [0.3, 0.4) is 0 Å². The summed E-state index contributed by atoms with van der Waals surface area (Å²) in [6, 6.07) is 6.28. The van der Waals surface area contributed by atoms with Gasteiger partial charge in [-0.3, -0.25) is 25.1 Å². The van der Waals surface area contributed by atoms with E-state index in [2.05, 4.69) is 20.0 Å². The van der Waals surface area contributed by atoms with Crippen molar-refractivity contribution in [1.82, 2.24) is 5.32 Å². The standard InChI is InChI=1S/C18H20N4O5S/c1-4-12(17(25)26-3)28-18-21-14(19)13(16(24)22-18)20-15(23)10-6-8-11(9-7-10)27-5-2/h6-9,12H,4-5H2,1-3H3,(H2,19,21,22,24). The van der Waals surface area contributed by atoms with Crippen LogP contribution in [0.2, 0.25) is 0 Å². The minimum Gasteiger partial charge on any atom is -0.494 e. The molecule has 9 nitrogen and oxygen atoms in total. The van der Waals surface area contributed by atoms with Crippen LogP contribution in [0.25, 0.3) is 0 Å². The van der Waals surface area contributed by atoms with Crippen molar-refractivity contribution in [2.75, 3.05) is 13.7 Å². The normalized spacial score (nSPS) is 16.2. The van der Waals surface area contributed by atoms with Gasteiger partial charge < -0.3 is 9.47 Å². The highest BCUT2D eigenvalue weighted by Gasteiger charge is 2.29. The van der Waals surface area contributed by atoms with Gasteiger partial charge in [0, 0.05) is 5.56 Å². The number of esters is 1. The Balaban J connectivity index is 2.15. The topological polar surface area (TPSA) is 130 Å². The van der Waals surface area contributed by atoms with E-state index >= 15 is 0 Å². The largest absolute Gasteiger partial charge is 0.494 e. The molecule has 1 unspecified atom stereocenters. The van der Waals surface area contributed by atoms with Crippen LogP contribution in [0.4, 0.5) is 0 Å². The molecule has 1 atom stereocenters. The summed E-state index contributed by atoms with van der Waals surface area (Å²) in [5.74, 6) is -1.71. The Bertz CT molecular complexity index is 848. The molecule has 1 heterocycles. The van der Waals surface area contributed by atoms with E-state index < -0.39 is 34.6 Å². The van der Waals surface area contributed by atoms with E-state index in [1.54, 1.807) is 19.1 Å². The molecule has 0 bridgehead atoms. The quantitative estimate of drug-likeness (QED) is 0.696. The number of hydrogen-bond donors (Lipinski definition) is 2. The second-order valence-corrected chi connectivity index (χ2v) is 6.67. The number of amidine groups is 2. The molecule has 1 aromatic rings. The Labute approximate surface area is 166 Å². The molecule has 2 amide bonds. The van der Waals surface area contributed by atoms with Gasteiger partial charge in [0.1, 0.15) is 11.0 Å². The molecule has 2 rings (SSSR count). The van der Waals surface area contributed by atoms with E-state index in [1.165, 1.54) is 19.2 Å². The smallest absolute Gasteiger partial charge is 0.319 e. The van der Waals surface area contributed by atoms with E-state index in [4.69, 9.17) is 10.1 Å². The highest BCUT2D eigenvalue weighted by Crippen LogP contribution is 2.19. The predicted molar refractivity (Wildman–Crippen MR) is 106 cm³/mol. The molecule has 28 heavy (non-hydrogen) atoms. The number of amides is 2. The Hall–Kier alpha value is -3.01. The van der Waals surface area contributed by atoms with Gasteiger partial charge in [-0.2, -0.15) is 4.99 Å². The van der Waals surface area contributed by atoms with Gasteiger partial charge in [-0.1, -0.05) is 18.7 Å². The average Bonchev–Trinajstić information content (AvgIpc) is 2.69. The third kappa shape index (κ3) is 5.26. The first kappa shape index (κ1) is 21.3.